The van der Waals surface area contributed by atoms with E-state index < -0.39 is 6.17 Å². The van der Waals surface area contributed by atoms with Gasteiger partial charge in [0.25, 0.3) is 0 Å². The van der Waals surface area contributed by atoms with E-state index in [0.29, 0.717) is 0 Å². The third-order valence-corrected chi connectivity index (χ3v) is 1.82. The lowest BCUT2D eigenvalue weighted by atomic mass is 10.4. The molecule has 0 aliphatic heterocycles. The molecule has 0 bridgehead atoms. The zero-order valence-electron chi connectivity index (χ0n) is 11.0. The summed E-state index contributed by atoms with van der Waals surface area (Å²) >= 11 is 0. The van der Waals surface area contributed by atoms with Gasteiger partial charge in [0.2, 0.25) is 11.8 Å². The molecule has 4 nitrogen and oxygen atoms in total. The lowest BCUT2D eigenvalue weighted by molar-refractivity contribution is -0.119. The summed E-state index contributed by atoms with van der Waals surface area (Å²) in [6, 6.07) is 0. The largest absolute Gasteiger partial charge is 0.333 e. The summed E-state index contributed by atoms with van der Waals surface area (Å²) in [7, 11) is 0. The Hall–Kier alpha value is -2.10. The molecule has 0 rings (SSSR count). The molecule has 0 radical (unpaired) electrons. The number of rotatable bonds is 6. The highest BCUT2D eigenvalue weighted by atomic mass is 16.2. The van der Waals surface area contributed by atoms with Gasteiger partial charge in [-0.05, 0) is 20.8 Å². The van der Waals surface area contributed by atoms with Crippen LogP contribution in [-0.2, 0) is 9.59 Å². The van der Waals surface area contributed by atoms with E-state index in [9.17, 15) is 9.59 Å². The molecule has 0 aromatic heterocycles. The van der Waals surface area contributed by atoms with Crippen LogP contribution in [0.4, 0.5) is 0 Å². The highest BCUT2D eigenvalue weighted by Crippen LogP contribution is 1.83. The molecule has 0 fully saturated rings. The van der Waals surface area contributed by atoms with Crippen molar-refractivity contribution >= 4 is 11.8 Å². The number of carbonyl (C=O) groups is 2. The smallest absolute Gasteiger partial charge is 0.245 e. The molecule has 2 amide bonds. The van der Waals surface area contributed by atoms with E-state index in [1.807, 2.05) is 26.0 Å². The summed E-state index contributed by atoms with van der Waals surface area (Å²) in [5.74, 6) is -0.503. The summed E-state index contributed by atoms with van der Waals surface area (Å²) < 4.78 is 0. The average Bonchev–Trinajstić information content (AvgIpc) is 2.29. The molecule has 0 saturated carbocycles. The third-order valence-electron chi connectivity index (χ3n) is 1.82. The zero-order valence-corrected chi connectivity index (χ0v) is 11.0. The van der Waals surface area contributed by atoms with Crippen LogP contribution >= 0.6 is 0 Å². The molecule has 4 heteroatoms. The molecule has 0 saturated heterocycles. The summed E-state index contributed by atoms with van der Waals surface area (Å²) in [6.45, 7) is 5.42. The lowest BCUT2D eigenvalue weighted by Crippen LogP contribution is -2.44. The fraction of sp³-hybridized carbons (Fsp3) is 0.286. The summed E-state index contributed by atoms with van der Waals surface area (Å²) in [4.78, 5) is 22.7. The fourth-order valence-corrected chi connectivity index (χ4v) is 1.07. The average molecular weight is 248 g/mol. The maximum atomic E-state index is 11.4. The van der Waals surface area contributed by atoms with Gasteiger partial charge in [-0.25, -0.2) is 0 Å². The number of hydrogen-bond donors (Lipinski definition) is 2. The van der Waals surface area contributed by atoms with Crippen LogP contribution in [0, 0.1) is 0 Å². The van der Waals surface area contributed by atoms with Crippen LogP contribution < -0.4 is 10.6 Å². The number of carbonyl (C=O) groups excluding carboxylic acids is 2. The van der Waals surface area contributed by atoms with Crippen LogP contribution in [0.3, 0.4) is 0 Å². The SMILES string of the molecule is C/C=C/C=C\C(=O)NC(C)NC(=O)/C=C\C=C\C. The minimum absolute atomic E-state index is 0.252. The summed E-state index contributed by atoms with van der Waals surface area (Å²) in [5.41, 5.74) is 0. The predicted molar refractivity (Wildman–Crippen MR) is 73.7 cm³/mol. The van der Waals surface area contributed by atoms with Crippen molar-refractivity contribution in [1.82, 2.24) is 10.6 Å². The maximum Gasteiger partial charge on any atom is 0.245 e. The van der Waals surface area contributed by atoms with Crippen molar-refractivity contribution in [2.45, 2.75) is 26.9 Å². The second kappa shape index (κ2) is 10.1. The Morgan fingerprint density at radius 2 is 1.22 bits per heavy atom. The van der Waals surface area contributed by atoms with Gasteiger partial charge >= 0.3 is 0 Å². The first-order valence-electron chi connectivity index (χ1n) is 5.79. The summed E-state index contributed by atoms with van der Waals surface area (Å²) in [6.07, 6.45) is 12.8. The van der Waals surface area contributed by atoms with Gasteiger partial charge < -0.3 is 10.6 Å². The van der Waals surface area contributed by atoms with Crippen molar-refractivity contribution < 1.29 is 9.59 Å². The minimum Gasteiger partial charge on any atom is -0.333 e. The standard InChI is InChI=1S/C14H20N2O2/c1-4-6-8-10-13(17)15-12(3)16-14(18)11-9-7-5-2/h4-12H,1-3H3,(H,15,17)(H,16,18)/b6-4+,7-5+,10-8-,11-9-. The number of amides is 2. The molecule has 98 valence electrons. The van der Waals surface area contributed by atoms with Gasteiger partial charge in [-0.3, -0.25) is 9.59 Å². The molecule has 0 aliphatic carbocycles. The van der Waals surface area contributed by atoms with Gasteiger partial charge in [0.15, 0.2) is 0 Å². The van der Waals surface area contributed by atoms with Gasteiger partial charge in [0.1, 0.15) is 0 Å². The first-order valence-corrected chi connectivity index (χ1v) is 5.79. The van der Waals surface area contributed by atoms with E-state index >= 15 is 0 Å². The Morgan fingerprint density at radius 1 is 0.833 bits per heavy atom. The molecule has 18 heavy (non-hydrogen) atoms. The predicted octanol–water partition coefficient (Wildman–Crippen LogP) is 1.83. The third kappa shape index (κ3) is 9.15. The molecule has 0 atom stereocenters. The quantitative estimate of drug-likeness (QED) is 0.428. The Labute approximate surface area is 108 Å². The van der Waals surface area contributed by atoms with Gasteiger partial charge in [-0.1, -0.05) is 36.5 Å². The van der Waals surface area contributed by atoms with Crippen molar-refractivity contribution in [3.63, 3.8) is 0 Å². The van der Waals surface area contributed by atoms with Crippen molar-refractivity contribution in [2.75, 3.05) is 0 Å². The van der Waals surface area contributed by atoms with Crippen molar-refractivity contribution in [3.05, 3.63) is 48.6 Å². The molecule has 0 aromatic rings. The lowest BCUT2D eigenvalue weighted by Gasteiger charge is -2.12. The van der Waals surface area contributed by atoms with Crippen molar-refractivity contribution in [3.8, 4) is 0 Å². The second-order valence-corrected chi connectivity index (χ2v) is 3.51. The van der Waals surface area contributed by atoms with E-state index in [-0.39, 0.29) is 11.8 Å². The summed E-state index contributed by atoms with van der Waals surface area (Å²) in [5, 5.41) is 5.23. The Bertz CT molecular complexity index is 343. The number of nitrogens with one attached hydrogen (secondary N) is 2. The first kappa shape index (κ1) is 15.9. The van der Waals surface area contributed by atoms with E-state index in [0.717, 1.165) is 0 Å². The van der Waals surface area contributed by atoms with Crippen LogP contribution in [0.5, 0.6) is 0 Å². The monoisotopic (exact) mass is 248 g/mol. The Morgan fingerprint density at radius 3 is 1.56 bits per heavy atom. The Balaban J connectivity index is 4.06. The van der Waals surface area contributed by atoms with Gasteiger partial charge in [0, 0.05) is 12.2 Å². The minimum atomic E-state index is -0.421. The van der Waals surface area contributed by atoms with Gasteiger partial charge in [-0.2, -0.15) is 0 Å². The van der Waals surface area contributed by atoms with Crippen LogP contribution in [0.2, 0.25) is 0 Å². The molecule has 0 heterocycles. The van der Waals surface area contributed by atoms with Crippen LogP contribution in [0.25, 0.3) is 0 Å². The van der Waals surface area contributed by atoms with Crippen molar-refractivity contribution in [1.29, 1.82) is 0 Å². The van der Waals surface area contributed by atoms with E-state index in [1.165, 1.54) is 12.2 Å². The van der Waals surface area contributed by atoms with Gasteiger partial charge in [-0.15, -0.1) is 0 Å². The maximum absolute atomic E-state index is 11.4. The highest BCUT2D eigenvalue weighted by molar-refractivity contribution is 5.90. The van der Waals surface area contributed by atoms with E-state index in [2.05, 4.69) is 10.6 Å². The molecule has 0 spiro atoms. The fourth-order valence-electron chi connectivity index (χ4n) is 1.07. The van der Waals surface area contributed by atoms with Crippen LogP contribution in [0.1, 0.15) is 20.8 Å². The van der Waals surface area contributed by atoms with E-state index in [4.69, 9.17) is 0 Å². The van der Waals surface area contributed by atoms with Gasteiger partial charge in [0.05, 0.1) is 6.17 Å². The molecular formula is C14H20N2O2. The molecule has 0 unspecified atom stereocenters. The van der Waals surface area contributed by atoms with Crippen molar-refractivity contribution in [2.24, 2.45) is 0 Å². The molecule has 0 aromatic carbocycles. The second-order valence-electron chi connectivity index (χ2n) is 3.51. The Kier molecular flexibility index (Phi) is 8.90. The zero-order chi connectivity index (χ0) is 13.8. The topological polar surface area (TPSA) is 58.2 Å². The van der Waals surface area contributed by atoms with Crippen LogP contribution in [0.15, 0.2) is 48.6 Å². The normalized spacial score (nSPS) is 12.2. The number of hydrogen-bond acceptors (Lipinski definition) is 2. The first-order chi connectivity index (χ1) is 8.60. The molecular weight excluding hydrogens is 228 g/mol. The molecule has 2 N–H and O–H groups in total. The molecule has 0 aliphatic rings. The van der Waals surface area contributed by atoms with E-state index in [1.54, 1.807) is 31.2 Å². The number of allylic oxidation sites excluding steroid dienone is 6. The highest BCUT2D eigenvalue weighted by Gasteiger charge is 2.05. The van der Waals surface area contributed by atoms with Crippen LogP contribution in [-0.4, -0.2) is 18.0 Å².